The van der Waals surface area contributed by atoms with E-state index in [-0.39, 0.29) is 0 Å². The van der Waals surface area contributed by atoms with Crippen molar-refractivity contribution in [1.82, 2.24) is 0 Å². The molecule has 0 saturated carbocycles. The first-order valence-corrected chi connectivity index (χ1v) is 13.7. The molecule has 0 aromatic rings. The molecule has 6 heteroatoms. The number of rotatable bonds is 18. The normalized spacial score (nSPS) is 27.8. The lowest BCUT2D eigenvalue weighted by Gasteiger charge is -2.39. The maximum absolute atomic E-state index is 9.99. The van der Waals surface area contributed by atoms with Gasteiger partial charge in [-0.2, -0.15) is 0 Å². The average molecular weight is 487 g/mol. The second kappa shape index (κ2) is 17.9. The van der Waals surface area contributed by atoms with Gasteiger partial charge in [0.15, 0.2) is 6.29 Å². The quantitative estimate of drug-likeness (QED) is 0.161. The molecule has 0 aromatic heterocycles. The van der Waals surface area contributed by atoms with E-state index in [1.165, 1.54) is 56.9 Å². The van der Waals surface area contributed by atoms with Gasteiger partial charge >= 0.3 is 0 Å². The first-order valence-electron chi connectivity index (χ1n) is 13.7. The fourth-order valence-electron chi connectivity index (χ4n) is 4.65. The van der Waals surface area contributed by atoms with Crippen molar-refractivity contribution in [3.05, 3.63) is 11.6 Å². The fourth-order valence-corrected chi connectivity index (χ4v) is 4.65. The Labute approximate surface area is 208 Å². The zero-order valence-electron chi connectivity index (χ0n) is 22.5. The van der Waals surface area contributed by atoms with E-state index in [0.717, 1.165) is 37.0 Å². The van der Waals surface area contributed by atoms with Crippen LogP contribution in [0.4, 0.5) is 0 Å². The van der Waals surface area contributed by atoms with Crippen molar-refractivity contribution in [1.29, 1.82) is 0 Å². The third-order valence-corrected chi connectivity index (χ3v) is 7.11. The van der Waals surface area contributed by atoms with Gasteiger partial charge in [0, 0.05) is 0 Å². The average Bonchev–Trinajstić information content (AvgIpc) is 2.78. The Kier molecular flexibility index (Phi) is 16.6. The minimum Gasteiger partial charge on any atom is -0.394 e. The largest absolute Gasteiger partial charge is 0.394 e. The van der Waals surface area contributed by atoms with Crippen molar-refractivity contribution in [2.75, 3.05) is 13.2 Å². The summed E-state index contributed by atoms with van der Waals surface area (Å²) in [4.78, 5) is 0. The zero-order valence-corrected chi connectivity index (χ0v) is 22.5. The number of allylic oxidation sites excluding steroid dienone is 2. The molecular weight excluding hydrogens is 432 g/mol. The summed E-state index contributed by atoms with van der Waals surface area (Å²) in [5.74, 6) is 2.48. The second-order valence-electron chi connectivity index (χ2n) is 11.1. The van der Waals surface area contributed by atoms with Crippen molar-refractivity contribution in [3.8, 4) is 0 Å². The summed E-state index contributed by atoms with van der Waals surface area (Å²) >= 11 is 0. The molecule has 1 aliphatic heterocycles. The van der Waals surface area contributed by atoms with E-state index in [4.69, 9.17) is 9.47 Å². The third kappa shape index (κ3) is 13.0. The van der Waals surface area contributed by atoms with Gasteiger partial charge in [-0.05, 0) is 50.4 Å². The molecule has 0 aliphatic carbocycles. The SMILES string of the molecule is CC(=CCCCOC1OC(CO)C(O)C(O)C1O)CCCC(C)CCCC(C)CCCC(C)C. The third-order valence-electron chi connectivity index (χ3n) is 7.11. The van der Waals surface area contributed by atoms with Gasteiger partial charge in [0.05, 0.1) is 13.2 Å². The van der Waals surface area contributed by atoms with Gasteiger partial charge in [0.1, 0.15) is 24.4 Å². The first-order chi connectivity index (χ1) is 16.1. The van der Waals surface area contributed by atoms with Crippen LogP contribution in [0.25, 0.3) is 0 Å². The molecule has 0 amide bonds. The van der Waals surface area contributed by atoms with Crippen molar-refractivity contribution in [2.24, 2.45) is 17.8 Å². The van der Waals surface area contributed by atoms with Crippen LogP contribution in [-0.4, -0.2) is 64.3 Å². The van der Waals surface area contributed by atoms with Gasteiger partial charge in [-0.3, -0.25) is 0 Å². The Hall–Kier alpha value is -0.500. The van der Waals surface area contributed by atoms with Crippen LogP contribution in [-0.2, 0) is 9.47 Å². The summed E-state index contributed by atoms with van der Waals surface area (Å²) in [5.41, 5.74) is 1.40. The number of hydrogen-bond acceptors (Lipinski definition) is 6. The Morgan fingerprint density at radius 3 is 2.00 bits per heavy atom. The Balaban J connectivity index is 2.10. The smallest absolute Gasteiger partial charge is 0.186 e. The number of ether oxygens (including phenoxy) is 2. The molecule has 7 atom stereocenters. The standard InChI is InChI=1S/C28H54O6/c1-20(2)11-8-13-22(4)15-10-17-23(5)16-9-14-21(3)12-6-7-18-33-28-27(32)26(31)25(30)24(19-29)34-28/h12,20,22-32H,6-11,13-19H2,1-5H3. The Bertz CT molecular complexity index is 535. The summed E-state index contributed by atoms with van der Waals surface area (Å²) in [6.45, 7) is 11.5. The topological polar surface area (TPSA) is 99.4 Å². The number of aliphatic hydroxyl groups excluding tert-OH is 4. The molecule has 4 N–H and O–H groups in total. The molecule has 1 heterocycles. The minimum atomic E-state index is -1.39. The maximum atomic E-state index is 9.99. The van der Waals surface area contributed by atoms with Gasteiger partial charge in [-0.25, -0.2) is 0 Å². The van der Waals surface area contributed by atoms with E-state index in [1.807, 2.05) is 0 Å². The Morgan fingerprint density at radius 1 is 0.824 bits per heavy atom. The van der Waals surface area contributed by atoms with Gasteiger partial charge in [-0.15, -0.1) is 0 Å². The number of aliphatic hydroxyl groups is 4. The van der Waals surface area contributed by atoms with Crippen molar-refractivity contribution < 1.29 is 29.9 Å². The first kappa shape index (κ1) is 31.5. The molecule has 7 unspecified atom stereocenters. The van der Waals surface area contributed by atoms with E-state index in [9.17, 15) is 20.4 Å². The number of hydrogen-bond donors (Lipinski definition) is 4. The molecular formula is C28H54O6. The van der Waals surface area contributed by atoms with Crippen LogP contribution in [0.2, 0.25) is 0 Å². The summed E-state index contributed by atoms with van der Waals surface area (Å²) in [6, 6.07) is 0. The van der Waals surface area contributed by atoms with Crippen LogP contribution in [0.1, 0.15) is 105 Å². The summed E-state index contributed by atoms with van der Waals surface area (Å²) in [6.07, 6.45) is 9.70. The lowest BCUT2D eigenvalue weighted by molar-refractivity contribution is -0.301. The summed E-state index contributed by atoms with van der Waals surface area (Å²) in [7, 11) is 0. The molecule has 0 radical (unpaired) electrons. The van der Waals surface area contributed by atoms with Gasteiger partial charge in [-0.1, -0.05) is 84.3 Å². The van der Waals surface area contributed by atoms with Gasteiger partial charge < -0.3 is 29.9 Å². The lowest BCUT2D eigenvalue weighted by Crippen LogP contribution is -2.59. The highest BCUT2D eigenvalue weighted by Crippen LogP contribution is 2.23. The van der Waals surface area contributed by atoms with Crippen LogP contribution in [0, 0.1) is 17.8 Å². The molecule has 6 nitrogen and oxygen atoms in total. The highest BCUT2D eigenvalue weighted by molar-refractivity contribution is 4.97. The molecule has 1 aliphatic rings. The maximum Gasteiger partial charge on any atom is 0.186 e. The lowest BCUT2D eigenvalue weighted by atomic mass is 9.91. The predicted octanol–water partition coefficient (Wildman–Crippen LogP) is 4.97. The predicted molar refractivity (Wildman–Crippen MR) is 137 cm³/mol. The van der Waals surface area contributed by atoms with Crippen LogP contribution in [0.15, 0.2) is 11.6 Å². The highest BCUT2D eigenvalue weighted by Gasteiger charge is 2.43. The molecule has 34 heavy (non-hydrogen) atoms. The minimum absolute atomic E-state index is 0.374. The van der Waals surface area contributed by atoms with Crippen molar-refractivity contribution >= 4 is 0 Å². The highest BCUT2D eigenvalue weighted by atomic mass is 16.7. The van der Waals surface area contributed by atoms with E-state index < -0.39 is 37.3 Å². The van der Waals surface area contributed by atoms with Crippen LogP contribution < -0.4 is 0 Å². The van der Waals surface area contributed by atoms with Crippen molar-refractivity contribution in [2.45, 2.75) is 136 Å². The van der Waals surface area contributed by atoms with Gasteiger partial charge in [0.25, 0.3) is 0 Å². The van der Waals surface area contributed by atoms with E-state index in [2.05, 4.69) is 40.7 Å². The van der Waals surface area contributed by atoms with Crippen LogP contribution >= 0.6 is 0 Å². The molecule has 0 spiro atoms. The molecule has 0 bridgehead atoms. The number of unbranched alkanes of at least 4 members (excludes halogenated alkanes) is 1. The molecule has 0 aromatic carbocycles. The van der Waals surface area contributed by atoms with Crippen LogP contribution in [0.5, 0.6) is 0 Å². The summed E-state index contributed by atoms with van der Waals surface area (Å²) in [5, 5.41) is 38.8. The van der Waals surface area contributed by atoms with Gasteiger partial charge in [0.2, 0.25) is 0 Å². The molecule has 202 valence electrons. The zero-order chi connectivity index (χ0) is 25.5. The summed E-state index contributed by atoms with van der Waals surface area (Å²) < 4.78 is 10.9. The Morgan fingerprint density at radius 2 is 1.41 bits per heavy atom. The van der Waals surface area contributed by atoms with Crippen molar-refractivity contribution in [3.63, 3.8) is 0 Å². The second-order valence-corrected chi connectivity index (χ2v) is 11.1. The monoisotopic (exact) mass is 486 g/mol. The van der Waals surface area contributed by atoms with E-state index >= 15 is 0 Å². The molecule has 1 saturated heterocycles. The van der Waals surface area contributed by atoms with E-state index in [0.29, 0.717) is 6.61 Å². The molecule has 1 rings (SSSR count). The fraction of sp³-hybridized carbons (Fsp3) is 0.929. The molecule has 1 fully saturated rings. The van der Waals surface area contributed by atoms with Crippen LogP contribution in [0.3, 0.4) is 0 Å². The van der Waals surface area contributed by atoms with E-state index in [1.54, 1.807) is 0 Å².